The van der Waals surface area contributed by atoms with Crippen LogP contribution in [0.25, 0.3) is 0 Å². The molecule has 0 amide bonds. The second-order valence-electron chi connectivity index (χ2n) is 3.86. The summed E-state index contributed by atoms with van der Waals surface area (Å²) in [6.07, 6.45) is 1.24. The molecule has 0 radical (unpaired) electrons. The number of rotatable bonds is 1. The Bertz CT molecular complexity index is 137. The summed E-state index contributed by atoms with van der Waals surface area (Å²) in [4.78, 5) is 0. The van der Waals surface area contributed by atoms with Crippen LogP contribution in [0.15, 0.2) is 0 Å². The van der Waals surface area contributed by atoms with Gasteiger partial charge in [-0.15, -0.1) is 0 Å². The predicted molar refractivity (Wildman–Crippen MR) is 53.9 cm³/mol. The fraction of sp³-hybridized carbons (Fsp3) is 1.00. The lowest BCUT2D eigenvalue weighted by molar-refractivity contribution is 0.324. The van der Waals surface area contributed by atoms with Crippen LogP contribution in [0.2, 0.25) is 0 Å². The van der Waals surface area contributed by atoms with Gasteiger partial charge in [0.2, 0.25) is 0 Å². The second kappa shape index (κ2) is 4.91. The van der Waals surface area contributed by atoms with E-state index in [-0.39, 0.29) is 0 Å². The molecule has 2 unspecified atom stereocenters. The van der Waals surface area contributed by atoms with Crippen LogP contribution >= 0.6 is 0 Å². The van der Waals surface area contributed by atoms with Crippen LogP contribution in [0, 0.1) is 0 Å². The van der Waals surface area contributed by atoms with Crippen molar-refractivity contribution in [2.45, 2.75) is 18.5 Å². The van der Waals surface area contributed by atoms with Gasteiger partial charge in [0.25, 0.3) is 0 Å². The van der Waals surface area contributed by atoms with Crippen LogP contribution in [0.5, 0.6) is 0 Å². The zero-order chi connectivity index (χ0) is 8.93. The zero-order valence-corrected chi connectivity index (χ0v) is 8.10. The van der Waals surface area contributed by atoms with Crippen molar-refractivity contribution < 1.29 is 0 Å². The first-order valence-electron chi connectivity index (χ1n) is 5.35. The Labute approximate surface area is 79.8 Å². The minimum Gasteiger partial charge on any atom is -0.315 e. The van der Waals surface area contributed by atoms with E-state index in [9.17, 15) is 0 Å². The van der Waals surface area contributed by atoms with Gasteiger partial charge in [0.05, 0.1) is 0 Å². The fourth-order valence-electron chi connectivity index (χ4n) is 2.13. The number of piperazine rings is 1. The fourth-order valence-corrected chi connectivity index (χ4v) is 2.13. The standard InChI is InChI=1S/C9H20N4/c1-2-10-3-5-12-8(1)9-7-11-4-6-13-9/h8-13H,1-7H2. The van der Waals surface area contributed by atoms with Crippen molar-refractivity contribution in [1.29, 1.82) is 0 Å². The largest absolute Gasteiger partial charge is 0.315 e. The van der Waals surface area contributed by atoms with Gasteiger partial charge in [-0.3, -0.25) is 0 Å². The van der Waals surface area contributed by atoms with Crippen molar-refractivity contribution in [2.24, 2.45) is 0 Å². The van der Waals surface area contributed by atoms with Crippen molar-refractivity contribution >= 4 is 0 Å². The summed E-state index contributed by atoms with van der Waals surface area (Å²) in [5.74, 6) is 0. The van der Waals surface area contributed by atoms with Gasteiger partial charge in [0, 0.05) is 44.8 Å². The smallest absolute Gasteiger partial charge is 0.0347 e. The van der Waals surface area contributed by atoms with Crippen LogP contribution in [-0.4, -0.2) is 51.4 Å². The zero-order valence-electron chi connectivity index (χ0n) is 8.10. The molecule has 0 aromatic carbocycles. The van der Waals surface area contributed by atoms with E-state index in [2.05, 4.69) is 21.3 Å². The molecule has 2 fully saturated rings. The third-order valence-electron chi connectivity index (χ3n) is 2.90. The summed E-state index contributed by atoms with van der Waals surface area (Å²) in [7, 11) is 0. The maximum Gasteiger partial charge on any atom is 0.0347 e. The molecule has 0 aromatic rings. The third kappa shape index (κ3) is 2.64. The first-order valence-corrected chi connectivity index (χ1v) is 5.35. The van der Waals surface area contributed by atoms with Crippen molar-refractivity contribution in [3.05, 3.63) is 0 Å². The first kappa shape index (κ1) is 9.40. The molecule has 2 rings (SSSR count). The topological polar surface area (TPSA) is 48.1 Å². The van der Waals surface area contributed by atoms with Gasteiger partial charge < -0.3 is 21.3 Å². The molecule has 0 bridgehead atoms. The van der Waals surface area contributed by atoms with E-state index in [1.807, 2.05) is 0 Å². The molecule has 2 aliphatic heterocycles. The summed E-state index contributed by atoms with van der Waals surface area (Å²) in [5, 5.41) is 14.0. The average molecular weight is 184 g/mol. The van der Waals surface area contributed by atoms with Crippen LogP contribution in [0.1, 0.15) is 6.42 Å². The average Bonchev–Trinajstić information content (AvgIpc) is 2.47. The molecule has 0 spiro atoms. The normalized spacial score (nSPS) is 36.9. The molecule has 4 N–H and O–H groups in total. The quantitative estimate of drug-likeness (QED) is 0.401. The van der Waals surface area contributed by atoms with E-state index in [0.29, 0.717) is 12.1 Å². The molecule has 4 heteroatoms. The van der Waals surface area contributed by atoms with E-state index >= 15 is 0 Å². The molecular formula is C9H20N4. The SMILES string of the molecule is C1CNC(C2CNCCN2)CCN1. The maximum absolute atomic E-state index is 3.59. The van der Waals surface area contributed by atoms with Crippen LogP contribution in [-0.2, 0) is 0 Å². The van der Waals surface area contributed by atoms with Crippen molar-refractivity contribution in [3.63, 3.8) is 0 Å². The number of hydrogen-bond acceptors (Lipinski definition) is 4. The van der Waals surface area contributed by atoms with Gasteiger partial charge in [-0.1, -0.05) is 0 Å². The Hall–Kier alpha value is -0.160. The summed E-state index contributed by atoms with van der Waals surface area (Å²) in [5.41, 5.74) is 0. The predicted octanol–water partition coefficient (Wildman–Crippen LogP) is -1.50. The Balaban J connectivity index is 1.82. The van der Waals surface area contributed by atoms with Crippen LogP contribution in [0.4, 0.5) is 0 Å². The van der Waals surface area contributed by atoms with Crippen molar-refractivity contribution in [1.82, 2.24) is 21.3 Å². The Morgan fingerprint density at radius 1 is 0.692 bits per heavy atom. The summed E-state index contributed by atoms with van der Waals surface area (Å²) in [6.45, 7) is 6.69. The van der Waals surface area contributed by atoms with E-state index in [1.165, 1.54) is 6.42 Å². The van der Waals surface area contributed by atoms with Gasteiger partial charge in [-0.2, -0.15) is 0 Å². The van der Waals surface area contributed by atoms with Gasteiger partial charge in [0.15, 0.2) is 0 Å². The molecule has 2 saturated heterocycles. The van der Waals surface area contributed by atoms with Crippen LogP contribution in [0.3, 0.4) is 0 Å². The lowest BCUT2D eigenvalue weighted by atomic mass is 10.0. The minimum atomic E-state index is 0.619. The van der Waals surface area contributed by atoms with E-state index in [0.717, 1.165) is 39.3 Å². The highest BCUT2D eigenvalue weighted by Gasteiger charge is 2.22. The van der Waals surface area contributed by atoms with E-state index in [1.54, 1.807) is 0 Å². The molecule has 76 valence electrons. The molecule has 0 aromatic heterocycles. The maximum atomic E-state index is 3.59. The first-order chi connectivity index (χ1) is 6.47. The minimum absolute atomic E-state index is 0.619. The number of nitrogens with one attached hydrogen (secondary N) is 4. The lowest BCUT2D eigenvalue weighted by Gasteiger charge is -2.31. The Kier molecular flexibility index (Phi) is 3.55. The van der Waals surface area contributed by atoms with Gasteiger partial charge in [0.1, 0.15) is 0 Å². The van der Waals surface area contributed by atoms with Gasteiger partial charge in [-0.05, 0) is 13.0 Å². The highest BCUT2D eigenvalue weighted by Crippen LogP contribution is 2.01. The summed E-state index contributed by atoms with van der Waals surface area (Å²) >= 11 is 0. The second-order valence-corrected chi connectivity index (χ2v) is 3.86. The molecule has 2 heterocycles. The molecule has 0 aliphatic carbocycles. The summed E-state index contributed by atoms with van der Waals surface area (Å²) < 4.78 is 0. The molecule has 2 aliphatic rings. The molecule has 2 atom stereocenters. The Morgan fingerprint density at radius 2 is 1.46 bits per heavy atom. The van der Waals surface area contributed by atoms with Crippen molar-refractivity contribution in [3.8, 4) is 0 Å². The molecular weight excluding hydrogens is 164 g/mol. The molecule has 4 nitrogen and oxygen atoms in total. The number of hydrogen-bond donors (Lipinski definition) is 4. The molecule has 13 heavy (non-hydrogen) atoms. The highest BCUT2D eigenvalue weighted by atomic mass is 15.1. The third-order valence-corrected chi connectivity index (χ3v) is 2.90. The van der Waals surface area contributed by atoms with Gasteiger partial charge >= 0.3 is 0 Å². The Morgan fingerprint density at radius 3 is 2.31 bits per heavy atom. The lowest BCUT2D eigenvalue weighted by Crippen LogP contribution is -2.58. The highest BCUT2D eigenvalue weighted by molar-refractivity contribution is 4.88. The van der Waals surface area contributed by atoms with Crippen molar-refractivity contribution in [2.75, 3.05) is 39.3 Å². The van der Waals surface area contributed by atoms with E-state index < -0.39 is 0 Å². The summed E-state index contributed by atoms with van der Waals surface area (Å²) in [6, 6.07) is 1.26. The molecule has 0 saturated carbocycles. The van der Waals surface area contributed by atoms with Crippen LogP contribution < -0.4 is 21.3 Å². The monoisotopic (exact) mass is 184 g/mol. The van der Waals surface area contributed by atoms with Gasteiger partial charge in [-0.25, -0.2) is 0 Å². The van der Waals surface area contributed by atoms with E-state index in [4.69, 9.17) is 0 Å².